The van der Waals surface area contributed by atoms with Crippen molar-refractivity contribution in [2.45, 2.75) is 6.92 Å². The summed E-state index contributed by atoms with van der Waals surface area (Å²) in [5.41, 5.74) is 3.34. The third kappa shape index (κ3) is 4.30. The van der Waals surface area contributed by atoms with E-state index in [1.165, 1.54) is 12.1 Å². The third-order valence-electron chi connectivity index (χ3n) is 2.28. The molecule has 0 aliphatic carbocycles. The Hall–Kier alpha value is -1.67. The Balaban J connectivity index is 2.72. The van der Waals surface area contributed by atoms with Gasteiger partial charge in [0.15, 0.2) is 0 Å². The molecule has 1 aromatic rings. The number of hydrogen-bond donors (Lipinski definition) is 3. The maximum absolute atomic E-state index is 11.2. The second-order valence-electron chi connectivity index (χ2n) is 3.53. The summed E-state index contributed by atoms with van der Waals surface area (Å²) in [5, 5.41) is 13.7. The number of nitrogens with zero attached hydrogens (tertiary/aromatic N) is 1. The molecule has 0 saturated heterocycles. The molecule has 0 bridgehead atoms. The number of nitro benzene ring substituents is 1. The number of benzene rings is 1. The molecule has 0 aliphatic heterocycles. The number of nitrogens with one attached hydrogen (secondary N) is 2. The zero-order valence-electron chi connectivity index (χ0n) is 10.0. The second kappa shape index (κ2) is 6.92. The van der Waals surface area contributed by atoms with E-state index < -0.39 is 15.7 Å². The largest absolute Gasteiger partial charge is 0.384 e. The molecule has 0 radical (unpaired) electrons. The molecule has 0 aliphatic rings. The Bertz CT molecular complexity index is 453. The lowest BCUT2D eigenvalue weighted by Crippen LogP contribution is -2.13. The van der Waals surface area contributed by atoms with Crippen molar-refractivity contribution in [1.82, 2.24) is 0 Å². The Morgan fingerprint density at radius 2 is 2.06 bits per heavy atom. The van der Waals surface area contributed by atoms with E-state index in [4.69, 9.17) is 5.84 Å². The highest BCUT2D eigenvalue weighted by Crippen LogP contribution is 2.23. The number of hydrogen-bond acceptors (Lipinski definition) is 6. The van der Waals surface area contributed by atoms with Crippen LogP contribution in [0.4, 0.5) is 17.1 Å². The summed E-state index contributed by atoms with van der Waals surface area (Å²) in [7, 11) is -0.859. The Labute approximate surface area is 107 Å². The third-order valence-corrected chi connectivity index (χ3v) is 3.58. The van der Waals surface area contributed by atoms with Gasteiger partial charge in [-0.2, -0.15) is 0 Å². The molecule has 0 fully saturated rings. The number of anilines is 2. The Morgan fingerprint density at radius 3 is 2.61 bits per heavy atom. The normalized spacial score (nSPS) is 11.9. The van der Waals surface area contributed by atoms with Gasteiger partial charge >= 0.3 is 0 Å². The van der Waals surface area contributed by atoms with Crippen molar-refractivity contribution in [3.63, 3.8) is 0 Å². The molecule has 100 valence electrons. The minimum Gasteiger partial charge on any atom is -0.384 e. The molecule has 0 spiro atoms. The highest BCUT2D eigenvalue weighted by Gasteiger charge is 2.09. The van der Waals surface area contributed by atoms with E-state index >= 15 is 0 Å². The molecule has 0 amide bonds. The maximum Gasteiger partial charge on any atom is 0.273 e. The summed E-state index contributed by atoms with van der Waals surface area (Å²) >= 11 is 0. The first-order valence-electron chi connectivity index (χ1n) is 5.41. The predicted molar refractivity (Wildman–Crippen MR) is 72.9 cm³/mol. The average molecular weight is 272 g/mol. The standard InChI is InChI=1S/C10H16N4O3S/c1-2-18(17)4-3-12-8-5-9(13-11)7-10(6-8)14(15)16/h5-7,12-13H,2-4,11H2,1H3. The van der Waals surface area contributed by atoms with Crippen LogP contribution in [-0.2, 0) is 10.8 Å². The lowest BCUT2D eigenvalue weighted by Gasteiger charge is -2.08. The van der Waals surface area contributed by atoms with Gasteiger partial charge < -0.3 is 10.7 Å². The van der Waals surface area contributed by atoms with Crippen LogP contribution in [-0.4, -0.2) is 27.2 Å². The van der Waals surface area contributed by atoms with Gasteiger partial charge in [-0.15, -0.1) is 0 Å². The van der Waals surface area contributed by atoms with Gasteiger partial charge in [0.05, 0.1) is 10.6 Å². The first-order valence-corrected chi connectivity index (χ1v) is 6.90. The van der Waals surface area contributed by atoms with Crippen molar-refractivity contribution in [2.75, 3.05) is 28.8 Å². The zero-order valence-corrected chi connectivity index (χ0v) is 10.8. The molecule has 1 unspecified atom stereocenters. The molecule has 8 heteroatoms. The van der Waals surface area contributed by atoms with Gasteiger partial charge in [-0.1, -0.05) is 6.92 Å². The van der Waals surface area contributed by atoms with Gasteiger partial charge in [0.1, 0.15) is 0 Å². The van der Waals surface area contributed by atoms with E-state index in [0.717, 1.165) is 0 Å². The summed E-state index contributed by atoms with van der Waals surface area (Å²) in [5.74, 6) is 6.35. The maximum atomic E-state index is 11.2. The fourth-order valence-corrected chi connectivity index (χ4v) is 1.97. The molecule has 1 aromatic carbocycles. The van der Waals surface area contributed by atoms with Crippen LogP contribution in [0.25, 0.3) is 0 Å². The summed E-state index contributed by atoms with van der Waals surface area (Å²) in [6, 6.07) is 4.41. The molecule has 0 heterocycles. The van der Waals surface area contributed by atoms with Crippen LogP contribution in [0.15, 0.2) is 18.2 Å². The van der Waals surface area contributed by atoms with E-state index in [1.807, 2.05) is 6.92 Å². The van der Waals surface area contributed by atoms with Gasteiger partial charge in [-0.3, -0.25) is 20.2 Å². The second-order valence-corrected chi connectivity index (χ2v) is 5.39. The molecular formula is C10H16N4O3S. The molecular weight excluding hydrogens is 256 g/mol. The van der Waals surface area contributed by atoms with Crippen molar-refractivity contribution >= 4 is 27.9 Å². The van der Waals surface area contributed by atoms with Crippen LogP contribution >= 0.6 is 0 Å². The summed E-state index contributed by atoms with van der Waals surface area (Å²) in [4.78, 5) is 10.2. The predicted octanol–water partition coefficient (Wildman–Crippen LogP) is 1.06. The van der Waals surface area contributed by atoms with Crippen LogP contribution in [0, 0.1) is 10.1 Å². The van der Waals surface area contributed by atoms with Crippen LogP contribution in [0.2, 0.25) is 0 Å². The Morgan fingerprint density at radius 1 is 1.39 bits per heavy atom. The van der Waals surface area contributed by atoms with E-state index in [-0.39, 0.29) is 5.69 Å². The van der Waals surface area contributed by atoms with Gasteiger partial charge in [0.25, 0.3) is 5.69 Å². The summed E-state index contributed by atoms with van der Waals surface area (Å²) < 4.78 is 11.2. The van der Waals surface area contributed by atoms with Crippen molar-refractivity contribution in [1.29, 1.82) is 0 Å². The minimum atomic E-state index is -0.859. The SMILES string of the molecule is CCS(=O)CCNc1cc(NN)cc([N+](=O)[O-])c1. The number of nitro groups is 1. The summed E-state index contributed by atoms with van der Waals surface area (Å²) in [6.07, 6.45) is 0. The number of rotatable bonds is 7. The molecule has 1 atom stereocenters. The first kappa shape index (κ1) is 14.4. The lowest BCUT2D eigenvalue weighted by atomic mass is 10.2. The van der Waals surface area contributed by atoms with Gasteiger partial charge in [-0.25, -0.2) is 0 Å². The highest BCUT2D eigenvalue weighted by atomic mass is 32.2. The average Bonchev–Trinajstić information content (AvgIpc) is 2.37. The van der Waals surface area contributed by atoms with E-state index in [9.17, 15) is 14.3 Å². The van der Waals surface area contributed by atoms with Crippen molar-refractivity contribution in [2.24, 2.45) is 5.84 Å². The van der Waals surface area contributed by atoms with Gasteiger partial charge in [0, 0.05) is 46.7 Å². The van der Waals surface area contributed by atoms with E-state index in [0.29, 0.717) is 29.4 Å². The zero-order chi connectivity index (χ0) is 13.5. The topological polar surface area (TPSA) is 110 Å². The van der Waals surface area contributed by atoms with Crippen molar-refractivity contribution in [3.8, 4) is 0 Å². The van der Waals surface area contributed by atoms with Crippen molar-refractivity contribution < 1.29 is 9.13 Å². The Kier molecular flexibility index (Phi) is 5.53. The van der Waals surface area contributed by atoms with Crippen molar-refractivity contribution in [3.05, 3.63) is 28.3 Å². The van der Waals surface area contributed by atoms with Crippen LogP contribution in [0.3, 0.4) is 0 Å². The molecule has 7 nitrogen and oxygen atoms in total. The molecule has 4 N–H and O–H groups in total. The lowest BCUT2D eigenvalue weighted by molar-refractivity contribution is -0.384. The van der Waals surface area contributed by atoms with Crippen LogP contribution in [0.1, 0.15) is 6.92 Å². The molecule has 18 heavy (non-hydrogen) atoms. The number of hydrazine groups is 1. The highest BCUT2D eigenvalue weighted by molar-refractivity contribution is 7.84. The monoisotopic (exact) mass is 272 g/mol. The van der Waals surface area contributed by atoms with E-state index in [2.05, 4.69) is 10.7 Å². The number of non-ortho nitro benzene ring substituents is 1. The quantitative estimate of drug-likeness (QED) is 0.389. The molecule has 0 saturated carbocycles. The fraction of sp³-hybridized carbons (Fsp3) is 0.400. The first-order chi connectivity index (χ1) is 8.56. The summed E-state index contributed by atoms with van der Waals surface area (Å²) in [6.45, 7) is 2.34. The van der Waals surface area contributed by atoms with E-state index in [1.54, 1.807) is 6.07 Å². The molecule has 1 rings (SSSR count). The van der Waals surface area contributed by atoms with Gasteiger partial charge in [0.2, 0.25) is 0 Å². The molecule has 0 aromatic heterocycles. The smallest absolute Gasteiger partial charge is 0.273 e. The number of nitrogen functional groups attached to an aromatic ring is 1. The fourth-order valence-electron chi connectivity index (χ4n) is 1.36. The minimum absolute atomic E-state index is 0.0513. The van der Waals surface area contributed by atoms with Crippen LogP contribution in [0.5, 0.6) is 0 Å². The number of nitrogens with two attached hydrogens (primary N) is 1. The van der Waals surface area contributed by atoms with Crippen LogP contribution < -0.4 is 16.6 Å². The van der Waals surface area contributed by atoms with Gasteiger partial charge in [-0.05, 0) is 6.07 Å².